The van der Waals surface area contributed by atoms with Crippen molar-refractivity contribution >= 4 is 17.5 Å². The first kappa shape index (κ1) is 14.4. The van der Waals surface area contributed by atoms with Crippen LogP contribution in [0.2, 0.25) is 5.02 Å². The molecule has 0 atom stereocenters. The van der Waals surface area contributed by atoms with Gasteiger partial charge in [0.15, 0.2) is 0 Å². The molecule has 0 saturated heterocycles. The second kappa shape index (κ2) is 5.93. The summed E-state index contributed by atoms with van der Waals surface area (Å²) in [5, 5.41) is 3.41. The molecule has 104 valence electrons. The molecule has 19 heavy (non-hydrogen) atoms. The van der Waals surface area contributed by atoms with Crippen molar-refractivity contribution in [2.24, 2.45) is 5.73 Å². The van der Waals surface area contributed by atoms with Gasteiger partial charge in [0.05, 0.1) is 10.6 Å². The van der Waals surface area contributed by atoms with Crippen molar-refractivity contribution in [2.45, 2.75) is 44.6 Å². The largest absolute Gasteiger partial charge is 0.350 e. The van der Waals surface area contributed by atoms with Gasteiger partial charge in [-0.25, -0.2) is 0 Å². The van der Waals surface area contributed by atoms with Crippen molar-refractivity contribution in [1.29, 1.82) is 0 Å². The van der Waals surface area contributed by atoms with Gasteiger partial charge in [-0.1, -0.05) is 36.9 Å². The molecule has 2 rings (SSSR count). The first-order valence-electron chi connectivity index (χ1n) is 6.83. The average molecular weight is 281 g/mol. The van der Waals surface area contributed by atoms with Crippen molar-refractivity contribution in [3.8, 4) is 0 Å². The molecule has 0 radical (unpaired) electrons. The summed E-state index contributed by atoms with van der Waals surface area (Å²) in [6, 6.07) is 5.45. The van der Waals surface area contributed by atoms with E-state index in [1.54, 1.807) is 12.1 Å². The van der Waals surface area contributed by atoms with E-state index in [0.29, 0.717) is 17.1 Å². The molecule has 1 aromatic rings. The fourth-order valence-electron chi connectivity index (χ4n) is 2.59. The number of nitrogens with two attached hydrogens (primary N) is 1. The van der Waals surface area contributed by atoms with Crippen molar-refractivity contribution < 1.29 is 4.79 Å². The van der Waals surface area contributed by atoms with Gasteiger partial charge in [-0.05, 0) is 37.5 Å². The lowest BCUT2D eigenvalue weighted by Crippen LogP contribution is -2.51. The molecule has 0 unspecified atom stereocenters. The summed E-state index contributed by atoms with van der Waals surface area (Å²) in [6.07, 6.45) is 5.51. The van der Waals surface area contributed by atoms with E-state index in [0.717, 1.165) is 31.2 Å². The highest BCUT2D eigenvalue weighted by Crippen LogP contribution is 2.25. The normalized spacial score (nSPS) is 18.1. The Morgan fingerprint density at radius 2 is 2.05 bits per heavy atom. The van der Waals surface area contributed by atoms with Crippen LogP contribution in [0.3, 0.4) is 0 Å². The van der Waals surface area contributed by atoms with Crippen LogP contribution in [0.5, 0.6) is 0 Å². The topological polar surface area (TPSA) is 55.1 Å². The smallest absolute Gasteiger partial charge is 0.252 e. The van der Waals surface area contributed by atoms with Crippen LogP contribution in [0.1, 0.15) is 48.0 Å². The van der Waals surface area contributed by atoms with E-state index in [-0.39, 0.29) is 11.4 Å². The van der Waals surface area contributed by atoms with Crippen LogP contribution in [-0.4, -0.2) is 18.0 Å². The van der Waals surface area contributed by atoms with Gasteiger partial charge in [-0.2, -0.15) is 0 Å². The Hall–Kier alpha value is -1.06. The Morgan fingerprint density at radius 1 is 1.37 bits per heavy atom. The van der Waals surface area contributed by atoms with Gasteiger partial charge in [0.25, 0.3) is 5.91 Å². The van der Waals surface area contributed by atoms with Gasteiger partial charge in [0, 0.05) is 12.1 Å². The predicted octanol–water partition coefficient (Wildman–Crippen LogP) is 3.04. The van der Waals surface area contributed by atoms with Crippen molar-refractivity contribution in [3.63, 3.8) is 0 Å². The second-order valence-corrected chi connectivity index (χ2v) is 6.00. The number of amides is 1. The molecular formula is C15H21ClN2O. The van der Waals surface area contributed by atoms with Gasteiger partial charge < -0.3 is 11.1 Å². The monoisotopic (exact) mass is 280 g/mol. The summed E-state index contributed by atoms with van der Waals surface area (Å²) in [7, 11) is 0. The average Bonchev–Trinajstić information content (AvgIpc) is 2.37. The van der Waals surface area contributed by atoms with Crippen LogP contribution in [0.4, 0.5) is 0 Å². The third-order valence-corrected chi connectivity index (χ3v) is 4.13. The quantitative estimate of drug-likeness (QED) is 0.894. The molecule has 0 heterocycles. The summed E-state index contributed by atoms with van der Waals surface area (Å²) in [6.45, 7) is 2.47. The van der Waals surface area contributed by atoms with Gasteiger partial charge in [-0.3, -0.25) is 4.79 Å². The Balaban J connectivity index is 1.97. The fraction of sp³-hybridized carbons (Fsp3) is 0.533. The number of carbonyl (C=O) groups is 1. The molecule has 1 amide bonds. The minimum Gasteiger partial charge on any atom is -0.350 e. The van der Waals surface area contributed by atoms with Crippen LogP contribution in [0.15, 0.2) is 18.2 Å². The summed E-state index contributed by atoms with van der Waals surface area (Å²) < 4.78 is 0. The van der Waals surface area contributed by atoms with Crippen molar-refractivity contribution in [2.75, 3.05) is 6.54 Å². The molecule has 4 heteroatoms. The van der Waals surface area contributed by atoms with E-state index in [1.165, 1.54) is 6.42 Å². The summed E-state index contributed by atoms with van der Waals surface area (Å²) in [4.78, 5) is 12.1. The van der Waals surface area contributed by atoms with E-state index < -0.39 is 0 Å². The zero-order chi connectivity index (χ0) is 13.9. The third-order valence-electron chi connectivity index (χ3n) is 3.82. The maximum Gasteiger partial charge on any atom is 0.252 e. The van der Waals surface area contributed by atoms with Gasteiger partial charge in [0.2, 0.25) is 0 Å². The molecule has 1 aromatic carbocycles. The molecule has 0 bridgehead atoms. The van der Waals surface area contributed by atoms with Gasteiger partial charge in [0.1, 0.15) is 0 Å². The Bertz CT molecular complexity index is 467. The summed E-state index contributed by atoms with van der Waals surface area (Å²) >= 11 is 6.09. The molecule has 1 aliphatic rings. The first-order chi connectivity index (χ1) is 9.00. The van der Waals surface area contributed by atoms with Crippen molar-refractivity contribution in [1.82, 2.24) is 5.32 Å². The molecular weight excluding hydrogens is 260 g/mol. The highest BCUT2D eigenvalue weighted by molar-refractivity contribution is 6.33. The molecule has 0 spiro atoms. The molecule has 0 aliphatic heterocycles. The predicted molar refractivity (Wildman–Crippen MR) is 78.5 cm³/mol. The highest BCUT2D eigenvalue weighted by Gasteiger charge is 2.28. The maximum absolute atomic E-state index is 12.1. The summed E-state index contributed by atoms with van der Waals surface area (Å²) in [5.74, 6) is -0.139. The van der Waals surface area contributed by atoms with E-state index in [1.807, 2.05) is 13.0 Å². The number of halogens is 1. The van der Waals surface area contributed by atoms with E-state index in [2.05, 4.69) is 5.32 Å². The van der Waals surface area contributed by atoms with Crippen LogP contribution in [0.25, 0.3) is 0 Å². The lowest BCUT2D eigenvalue weighted by Gasteiger charge is -2.33. The van der Waals surface area contributed by atoms with E-state index in [9.17, 15) is 4.79 Å². The minimum absolute atomic E-state index is 0.139. The lowest BCUT2D eigenvalue weighted by molar-refractivity contribution is 0.0938. The highest BCUT2D eigenvalue weighted by atomic mass is 35.5. The number of rotatable bonds is 3. The number of nitrogens with one attached hydrogen (secondary N) is 1. The molecule has 1 aliphatic carbocycles. The van der Waals surface area contributed by atoms with Crippen LogP contribution >= 0.6 is 11.6 Å². The first-order valence-corrected chi connectivity index (χ1v) is 7.21. The van der Waals surface area contributed by atoms with Gasteiger partial charge >= 0.3 is 0 Å². The molecule has 1 fully saturated rings. The standard InChI is InChI=1S/C15H21ClN2O/c1-11-5-6-12(13(16)9-11)14(19)18-10-15(17)7-3-2-4-8-15/h5-6,9H,2-4,7-8,10,17H2,1H3,(H,18,19). The fourth-order valence-corrected chi connectivity index (χ4v) is 2.91. The Labute approximate surface area is 119 Å². The second-order valence-electron chi connectivity index (χ2n) is 5.59. The van der Waals surface area contributed by atoms with Crippen LogP contribution in [0, 0.1) is 6.92 Å². The SMILES string of the molecule is Cc1ccc(C(=O)NCC2(N)CCCCC2)c(Cl)c1. The minimum atomic E-state index is -0.245. The molecule has 0 aromatic heterocycles. The zero-order valence-corrected chi connectivity index (χ0v) is 12.1. The van der Waals surface area contributed by atoms with E-state index in [4.69, 9.17) is 17.3 Å². The molecule has 3 N–H and O–H groups in total. The van der Waals surface area contributed by atoms with Crippen molar-refractivity contribution in [3.05, 3.63) is 34.3 Å². The third kappa shape index (κ3) is 3.71. The number of carbonyl (C=O) groups excluding carboxylic acids is 1. The Kier molecular flexibility index (Phi) is 4.48. The molecule has 3 nitrogen and oxygen atoms in total. The number of benzene rings is 1. The van der Waals surface area contributed by atoms with Gasteiger partial charge in [-0.15, -0.1) is 0 Å². The Morgan fingerprint density at radius 3 is 2.68 bits per heavy atom. The maximum atomic E-state index is 12.1. The zero-order valence-electron chi connectivity index (χ0n) is 11.3. The summed E-state index contributed by atoms with van der Waals surface area (Å²) in [5.41, 5.74) is 7.62. The number of hydrogen-bond donors (Lipinski definition) is 2. The van der Waals surface area contributed by atoms with E-state index >= 15 is 0 Å². The lowest BCUT2D eigenvalue weighted by atomic mass is 9.82. The number of aryl methyl sites for hydroxylation is 1. The molecule has 1 saturated carbocycles. The van der Waals surface area contributed by atoms with Crippen LogP contribution < -0.4 is 11.1 Å². The van der Waals surface area contributed by atoms with Crippen LogP contribution in [-0.2, 0) is 0 Å². The number of hydrogen-bond acceptors (Lipinski definition) is 2.